The Bertz CT molecular complexity index is 824. The van der Waals surface area contributed by atoms with Crippen molar-refractivity contribution >= 4 is 15.9 Å². The highest BCUT2D eigenvalue weighted by atomic mass is 32.2. The van der Waals surface area contributed by atoms with E-state index in [4.69, 9.17) is 4.74 Å². The molecule has 0 N–H and O–H groups in total. The lowest BCUT2D eigenvalue weighted by molar-refractivity contribution is 0.0863. The fourth-order valence-electron chi connectivity index (χ4n) is 2.57. The van der Waals surface area contributed by atoms with Gasteiger partial charge >= 0.3 is 6.01 Å². The lowest BCUT2D eigenvalue weighted by Gasteiger charge is -2.17. The number of carbonyl (C=O) groups excluding carboxylic acids is 1. The van der Waals surface area contributed by atoms with Crippen molar-refractivity contribution in [2.24, 2.45) is 0 Å². The van der Waals surface area contributed by atoms with Crippen LogP contribution in [0.1, 0.15) is 27.7 Å². The third-order valence-electron chi connectivity index (χ3n) is 3.69. The summed E-state index contributed by atoms with van der Waals surface area (Å²) in [6.45, 7) is 0.132. The van der Waals surface area contributed by atoms with Crippen LogP contribution in [0.4, 0.5) is 0 Å². The smallest absolute Gasteiger partial charge is 0.316 e. The van der Waals surface area contributed by atoms with Crippen molar-refractivity contribution in [3.05, 3.63) is 53.9 Å². The van der Waals surface area contributed by atoms with Crippen molar-refractivity contribution in [3.63, 3.8) is 0 Å². The lowest BCUT2D eigenvalue weighted by Crippen LogP contribution is -2.33. The van der Waals surface area contributed by atoms with E-state index in [1.165, 1.54) is 19.4 Å². The van der Waals surface area contributed by atoms with Crippen molar-refractivity contribution in [3.8, 4) is 6.01 Å². The first-order valence-corrected chi connectivity index (χ1v) is 8.52. The quantitative estimate of drug-likeness (QED) is 0.843. The van der Waals surface area contributed by atoms with Crippen LogP contribution in [0.2, 0.25) is 0 Å². The van der Waals surface area contributed by atoms with Crippen LogP contribution in [-0.4, -0.2) is 42.3 Å². The van der Waals surface area contributed by atoms with E-state index < -0.39 is 21.2 Å². The number of aromatic nitrogens is 2. The second-order valence-corrected chi connectivity index (χ2v) is 7.08. The second kappa shape index (κ2) is 5.96. The van der Waals surface area contributed by atoms with Crippen LogP contribution in [0.5, 0.6) is 6.01 Å². The Balaban J connectivity index is 1.91. The van der Waals surface area contributed by atoms with Crippen molar-refractivity contribution in [2.75, 3.05) is 13.7 Å². The van der Waals surface area contributed by atoms with E-state index in [9.17, 15) is 13.2 Å². The molecule has 1 aromatic heterocycles. The average Bonchev–Trinajstić information content (AvgIpc) is 2.90. The number of benzene rings is 1. The SMILES string of the molecule is COc1nccc(C(=O)N2CCC(c3ccccc3)S2(=O)=O)n1. The van der Waals surface area contributed by atoms with Gasteiger partial charge in [0, 0.05) is 12.7 Å². The number of ether oxygens (including phenoxy) is 1. The van der Waals surface area contributed by atoms with E-state index in [1.54, 1.807) is 24.3 Å². The zero-order valence-corrected chi connectivity index (χ0v) is 13.2. The number of nitrogens with zero attached hydrogens (tertiary/aromatic N) is 3. The second-order valence-electron chi connectivity index (χ2n) is 5.04. The third kappa shape index (κ3) is 2.77. The van der Waals surface area contributed by atoms with Gasteiger partial charge in [-0.1, -0.05) is 30.3 Å². The van der Waals surface area contributed by atoms with Crippen molar-refractivity contribution < 1.29 is 17.9 Å². The highest BCUT2D eigenvalue weighted by Crippen LogP contribution is 2.35. The van der Waals surface area contributed by atoms with E-state index in [0.29, 0.717) is 12.0 Å². The Hall–Kier alpha value is -2.48. The van der Waals surface area contributed by atoms with Gasteiger partial charge in [0.2, 0.25) is 10.0 Å². The highest BCUT2D eigenvalue weighted by Gasteiger charge is 2.43. The van der Waals surface area contributed by atoms with E-state index in [-0.39, 0.29) is 18.2 Å². The number of methoxy groups -OCH3 is 1. The first-order valence-electron chi connectivity index (χ1n) is 7.02. The molecule has 120 valence electrons. The number of carbonyl (C=O) groups is 1. The molecule has 0 spiro atoms. The van der Waals surface area contributed by atoms with Gasteiger partial charge in [-0.05, 0) is 18.1 Å². The number of hydrogen-bond acceptors (Lipinski definition) is 6. The van der Waals surface area contributed by atoms with Crippen LogP contribution in [0.3, 0.4) is 0 Å². The summed E-state index contributed by atoms with van der Waals surface area (Å²) < 4.78 is 31.1. The minimum Gasteiger partial charge on any atom is -0.467 e. The van der Waals surface area contributed by atoms with Crippen LogP contribution in [0, 0.1) is 0 Å². The molecule has 0 bridgehead atoms. The molecule has 1 aromatic carbocycles. The van der Waals surface area contributed by atoms with Crippen LogP contribution in [0.15, 0.2) is 42.6 Å². The third-order valence-corrected chi connectivity index (χ3v) is 5.88. The number of rotatable bonds is 3. The standard InChI is InChI=1S/C15H15N3O4S/c1-22-15-16-9-7-12(17-15)14(19)18-10-8-13(23(18,20)21)11-5-3-2-4-6-11/h2-7,9,13H,8,10H2,1H3. The Morgan fingerprint density at radius 1 is 1.26 bits per heavy atom. The summed E-state index contributed by atoms with van der Waals surface area (Å²) in [6, 6.07) is 10.3. The summed E-state index contributed by atoms with van der Waals surface area (Å²) >= 11 is 0. The molecule has 7 nitrogen and oxygen atoms in total. The minimum atomic E-state index is -3.77. The Morgan fingerprint density at radius 2 is 2.00 bits per heavy atom. The first-order chi connectivity index (χ1) is 11.0. The molecule has 0 radical (unpaired) electrons. The van der Waals surface area contributed by atoms with Gasteiger partial charge in [0.05, 0.1) is 7.11 Å². The van der Waals surface area contributed by atoms with Crippen molar-refractivity contribution in [1.29, 1.82) is 0 Å². The topological polar surface area (TPSA) is 89.5 Å². The molecule has 1 saturated heterocycles. The van der Waals surface area contributed by atoms with E-state index in [1.807, 2.05) is 6.07 Å². The van der Waals surface area contributed by atoms with Crippen LogP contribution in [-0.2, 0) is 10.0 Å². The Kier molecular flexibility index (Phi) is 3.99. The molecule has 2 heterocycles. The maximum Gasteiger partial charge on any atom is 0.316 e. The van der Waals surface area contributed by atoms with Gasteiger partial charge in [0.1, 0.15) is 10.9 Å². The molecule has 1 amide bonds. The van der Waals surface area contributed by atoms with Crippen LogP contribution < -0.4 is 4.74 Å². The van der Waals surface area contributed by atoms with Crippen LogP contribution >= 0.6 is 0 Å². The summed E-state index contributed by atoms with van der Waals surface area (Å²) in [7, 11) is -2.39. The zero-order chi connectivity index (χ0) is 16.4. The summed E-state index contributed by atoms with van der Waals surface area (Å²) in [5, 5.41) is -0.712. The van der Waals surface area contributed by atoms with Gasteiger partial charge < -0.3 is 4.74 Å². The fraction of sp³-hybridized carbons (Fsp3) is 0.267. The Labute approximate surface area is 134 Å². The minimum absolute atomic E-state index is 0.00543. The van der Waals surface area contributed by atoms with Crippen LogP contribution in [0.25, 0.3) is 0 Å². The predicted octanol–water partition coefficient (Wildman–Crippen LogP) is 1.40. The molecule has 3 rings (SSSR count). The molecule has 0 aliphatic carbocycles. The maximum atomic E-state index is 12.7. The zero-order valence-electron chi connectivity index (χ0n) is 12.4. The molecule has 2 aromatic rings. The maximum absolute atomic E-state index is 12.7. The normalized spacial score (nSPS) is 19.5. The van der Waals surface area contributed by atoms with Crippen molar-refractivity contribution in [1.82, 2.24) is 14.3 Å². The Morgan fingerprint density at radius 3 is 2.70 bits per heavy atom. The number of sulfonamides is 1. The summed E-state index contributed by atoms with van der Waals surface area (Å²) in [4.78, 5) is 20.2. The molecule has 1 aliphatic rings. The van der Waals surface area contributed by atoms with E-state index in [2.05, 4.69) is 9.97 Å². The van der Waals surface area contributed by atoms with Gasteiger partial charge in [-0.3, -0.25) is 4.79 Å². The molecule has 23 heavy (non-hydrogen) atoms. The van der Waals surface area contributed by atoms with Gasteiger partial charge in [-0.2, -0.15) is 4.98 Å². The fourth-order valence-corrected chi connectivity index (χ4v) is 4.47. The lowest BCUT2D eigenvalue weighted by atomic mass is 10.1. The first kappa shape index (κ1) is 15.4. The van der Waals surface area contributed by atoms with Gasteiger partial charge in [-0.25, -0.2) is 17.7 Å². The molecule has 8 heteroatoms. The van der Waals surface area contributed by atoms with Gasteiger partial charge in [0.15, 0.2) is 0 Å². The molecular formula is C15H15N3O4S. The van der Waals surface area contributed by atoms with E-state index in [0.717, 1.165) is 4.31 Å². The summed E-state index contributed by atoms with van der Waals surface area (Å²) in [5.74, 6) is -0.663. The summed E-state index contributed by atoms with van der Waals surface area (Å²) in [6.07, 6.45) is 1.72. The van der Waals surface area contributed by atoms with Gasteiger partial charge in [-0.15, -0.1) is 0 Å². The molecule has 1 atom stereocenters. The average molecular weight is 333 g/mol. The highest BCUT2D eigenvalue weighted by molar-refractivity contribution is 7.90. The molecule has 0 saturated carbocycles. The summed E-state index contributed by atoms with van der Waals surface area (Å²) in [5.41, 5.74) is 0.678. The van der Waals surface area contributed by atoms with Gasteiger partial charge in [0.25, 0.3) is 5.91 Å². The van der Waals surface area contributed by atoms with Crippen molar-refractivity contribution in [2.45, 2.75) is 11.7 Å². The predicted molar refractivity (Wildman–Crippen MR) is 82.3 cm³/mol. The monoisotopic (exact) mass is 333 g/mol. The molecule has 1 fully saturated rings. The number of amides is 1. The largest absolute Gasteiger partial charge is 0.467 e. The molecular weight excluding hydrogens is 318 g/mol. The molecule has 1 aliphatic heterocycles. The van der Waals surface area contributed by atoms with E-state index >= 15 is 0 Å². The number of hydrogen-bond donors (Lipinski definition) is 0. The molecule has 1 unspecified atom stereocenters.